The third kappa shape index (κ3) is 2.09. The Balaban J connectivity index is 2.01. The summed E-state index contributed by atoms with van der Waals surface area (Å²) in [5.41, 5.74) is 7.49. The number of hydrogen-bond donors (Lipinski definition) is 1. The Labute approximate surface area is 117 Å². The van der Waals surface area contributed by atoms with Crippen LogP contribution in [0.2, 0.25) is 0 Å². The van der Waals surface area contributed by atoms with E-state index in [1.807, 2.05) is 20.2 Å². The Morgan fingerprint density at radius 2 is 2.15 bits per heavy atom. The molecule has 20 heavy (non-hydrogen) atoms. The topological polar surface area (TPSA) is 95.8 Å². The lowest BCUT2D eigenvalue weighted by atomic mass is 10.0. The molecule has 1 aliphatic heterocycles. The second-order valence-electron chi connectivity index (χ2n) is 5.62. The molecule has 1 fully saturated rings. The third-order valence-electron chi connectivity index (χ3n) is 3.76. The van der Waals surface area contributed by atoms with E-state index in [2.05, 4.69) is 10.2 Å². The summed E-state index contributed by atoms with van der Waals surface area (Å²) in [6, 6.07) is 0. The first-order chi connectivity index (χ1) is 9.29. The van der Waals surface area contributed by atoms with E-state index in [1.165, 1.54) is 0 Å². The molecule has 0 amide bonds. The number of hydrogen-bond acceptors (Lipinski definition) is 5. The molecule has 2 aromatic heterocycles. The van der Waals surface area contributed by atoms with E-state index in [9.17, 15) is 8.42 Å². The van der Waals surface area contributed by atoms with Crippen molar-refractivity contribution in [2.24, 2.45) is 7.05 Å². The molecule has 8 heteroatoms. The van der Waals surface area contributed by atoms with Crippen LogP contribution in [-0.2, 0) is 22.4 Å². The van der Waals surface area contributed by atoms with Crippen molar-refractivity contribution in [2.45, 2.75) is 18.9 Å². The van der Waals surface area contributed by atoms with Crippen LogP contribution in [0.4, 0.5) is 5.69 Å². The zero-order chi connectivity index (χ0) is 14.5. The first-order valence-corrected chi connectivity index (χ1v) is 8.16. The molecular weight excluding hydrogens is 278 g/mol. The van der Waals surface area contributed by atoms with Crippen molar-refractivity contribution < 1.29 is 8.42 Å². The lowest BCUT2D eigenvalue weighted by Gasteiger charge is -2.22. The Bertz CT molecular complexity index is 761. The second kappa shape index (κ2) is 4.08. The van der Waals surface area contributed by atoms with Crippen molar-refractivity contribution in [3.05, 3.63) is 18.6 Å². The summed E-state index contributed by atoms with van der Waals surface area (Å²) in [5.74, 6) is 0.305. The molecule has 7 nitrogen and oxygen atoms in total. The lowest BCUT2D eigenvalue weighted by molar-refractivity contribution is 0.329. The smallest absolute Gasteiger partial charge is 0.152 e. The molecule has 0 aliphatic carbocycles. The molecule has 3 heterocycles. The van der Waals surface area contributed by atoms with Gasteiger partial charge in [-0.3, -0.25) is 9.36 Å². The summed E-state index contributed by atoms with van der Waals surface area (Å²) in [7, 11) is -1.16. The van der Waals surface area contributed by atoms with Gasteiger partial charge < -0.3 is 5.73 Å². The molecule has 1 atom stereocenters. The number of nitrogens with zero attached hydrogens (tertiary/aromatic N) is 4. The molecule has 1 saturated heterocycles. The Hall–Kier alpha value is -1.83. The van der Waals surface area contributed by atoms with Gasteiger partial charge in [0, 0.05) is 25.0 Å². The van der Waals surface area contributed by atoms with Crippen molar-refractivity contribution in [3.63, 3.8) is 0 Å². The number of anilines is 1. The van der Waals surface area contributed by atoms with Crippen LogP contribution in [0.5, 0.6) is 0 Å². The fraction of sp³-hybridized carbons (Fsp3) is 0.500. The highest BCUT2D eigenvalue weighted by atomic mass is 32.2. The average Bonchev–Trinajstić information content (AvgIpc) is 2.99. The molecule has 0 aromatic carbocycles. The molecule has 2 N–H and O–H groups in total. The highest BCUT2D eigenvalue weighted by Gasteiger charge is 2.41. The predicted octanol–water partition coefficient (Wildman–Crippen LogP) is 0.399. The Morgan fingerprint density at radius 1 is 1.40 bits per heavy atom. The molecule has 2 aromatic rings. The van der Waals surface area contributed by atoms with E-state index in [-0.39, 0.29) is 11.5 Å². The minimum Gasteiger partial charge on any atom is -0.396 e. The summed E-state index contributed by atoms with van der Waals surface area (Å²) >= 11 is 0. The quantitative estimate of drug-likeness (QED) is 0.865. The van der Waals surface area contributed by atoms with Crippen LogP contribution in [0.1, 0.15) is 13.3 Å². The maximum Gasteiger partial charge on any atom is 0.152 e. The predicted molar refractivity (Wildman–Crippen MR) is 75.8 cm³/mol. The van der Waals surface area contributed by atoms with Crippen molar-refractivity contribution in [1.29, 1.82) is 0 Å². The van der Waals surface area contributed by atoms with Crippen molar-refractivity contribution in [2.75, 3.05) is 17.2 Å². The minimum atomic E-state index is -2.98. The summed E-state index contributed by atoms with van der Waals surface area (Å²) in [5, 5.41) is 8.58. The standard InChI is InChI=1S/C12H17N5O2S/c1-12(3-4-20(18,19)8-12)17-7-10(13)11(15-17)9-5-14-16(2)6-9/h5-7H,3-4,8,13H2,1-2H3. The second-order valence-corrected chi connectivity index (χ2v) is 7.80. The zero-order valence-corrected chi connectivity index (χ0v) is 12.3. The molecule has 108 valence electrons. The molecule has 1 aliphatic rings. The normalized spacial score (nSPS) is 25.1. The van der Waals surface area contributed by atoms with Crippen molar-refractivity contribution >= 4 is 15.5 Å². The maximum absolute atomic E-state index is 11.7. The summed E-state index contributed by atoms with van der Waals surface area (Å²) in [4.78, 5) is 0. The molecule has 0 saturated carbocycles. The minimum absolute atomic E-state index is 0.105. The highest BCUT2D eigenvalue weighted by Crippen LogP contribution is 2.33. The molecule has 0 radical (unpaired) electrons. The van der Waals surface area contributed by atoms with Gasteiger partial charge >= 0.3 is 0 Å². The van der Waals surface area contributed by atoms with E-state index < -0.39 is 15.4 Å². The van der Waals surface area contributed by atoms with Gasteiger partial charge in [-0.05, 0) is 13.3 Å². The van der Waals surface area contributed by atoms with Gasteiger partial charge in [0.25, 0.3) is 0 Å². The van der Waals surface area contributed by atoms with E-state index in [1.54, 1.807) is 21.8 Å². The van der Waals surface area contributed by atoms with Gasteiger partial charge in [0.2, 0.25) is 0 Å². The van der Waals surface area contributed by atoms with Gasteiger partial charge in [-0.25, -0.2) is 8.42 Å². The van der Waals surface area contributed by atoms with Gasteiger partial charge in [-0.2, -0.15) is 10.2 Å². The van der Waals surface area contributed by atoms with Crippen LogP contribution in [0, 0.1) is 0 Å². The van der Waals surface area contributed by atoms with E-state index in [4.69, 9.17) is 5.73 Å². The summed E-state index contributed by atoms with van der Waals surface area (Å²) in [6.07, 6.45) is 5.79. The van der Waals surface area contributed by atoms with Crippen LogP contribution in [0.3, 0.4) is 0 Å². The van der Waals surface area contributed by atoms with Gasteiger partial charge in [0.15, 0.2) is 9.84 Å². The van der Waals surface area contributed by atoms with Crippen LogP contribution < -0.4 is 5.73 Å². The summed E-state index contributed by atoms with van der Waals surface area (Å²) in [6.45, 7) is 1.90. The van der Waals surface area contributed by atoms with Crippen molar-refractivity contribution in [3.8, 4) is 11.3 Å². The monoisotopic (exact) mass is 295 g/mol. The highest BCUT2D eigenvalue weighted by molar-refractivity contribution is 7.91. The largest absolute Gasteiger partial charge is 0.396 e. The van der Waals surface area contributed by atoms with Gasteiger partial charge in [0.05, 0.1) is 28.9 Å². The zero-order valence-electron chi connectivity index (χ0n) is 11.4. The van der Waals surface area contributed by atoms with Crippen molar-refractivity contribution in [1.82, 2.24) is 19.6 Å². The fourth-order valence-corrected chi connectivity index (χ4v) is 4.73. The molecule has 1 unspecified atom stereocenters. The molecule has 3 rings (SSSR count). The molecule has 0 bridgehead atoms. The summed E-state index contributed by atoms with van der Waals surface area (Å²) < 4.78 is 26.8. The number of nitrogens with two attached hydrogens (primary N) is 1. The van der Waals surface area contributed by atoms with Gasteiger partial charge in [0.1, 0.15) is 5.69 Å². The lowest BCUT2D eigenvalue weighted by Crippen LogP contribution is -2.31. The fourth-order valence-electron chi connectivity index (χ4n) is 2.61. The van der Waals surface area contributed by atoms with Gasteiger partial charge in [-0.15, -0.1) is 0 Å². The van der Waals surface area contributed by atoms with Crippen LogP contribution in [-0.4, -0.2) is 39.5 Å². The van der Waals surface area contributed by atoms with Crippen LogP contribution >= 0.6 is 0 Å². The van der Waals surface area contributed by atoms with E-state index in [0.717, 1.165) is 5.56 Å². The molecule has 0 spiro atoms. The maximum atomic E-state index is 11.7. The number of aromatic nitrogens is 4. The van der Waals surface area contributed by atoms with E-state index >= 15 is 0 Å². The molecular formula is C12H17N5O2S. The van der Waals surface area contributed by atoms with Crippen LogP contribution in [0.15, 0.2) is 18.6 Å². The third-order valence-corrected chi connectivity index (χ3v) is 5.64. The average molecular weight is 295 g/mol. The number of nitrogen functional groups attached to an aromatic ring is 1. The Morgan fingerprint density at radius 3 is 2.70 bits per heavy atom. The SMILES string of the molecule is Cn1cc(-c2nn(C3(C)CCS(=O)(=O)C3)cc2N)cn1. The van der Waals surface area contributed by atoms with Gasteiger partial charge in [-0.1, -0.05) is 0 Å². The number of sulfone groups is 1. The van der Waals surface area contributed by atoms with Crippen LogP contribution in [0.25, 0.3) is 11.3 Å². The number of rotatable bonds is 2. The number of aryl methyl sites for hydroxylation is 1. The first kappa shape index (κ1) is 13.2. The first-order valence-electron chi connectivity index (χ1n) is 6.34. The Kier molecular flexibility index (Phi) is 2.69. The van der Waals surface area contributed by atoms with E-state index in [0.29, 0.717) is 17.8 Å².